The van der Waals surface area contributed by atoms with Gasteiger partial charge in [0.1, 0.15) is 0 Å². The van der Waals surface area contributed by atoms with Crippen LogP contribution in [0, 0.1) is 0 Å². The Hall–Kier alpha value is -1.08. The number of aliphatic carboxylic acids is 1. The van der Waals surface area contributed by atoms with Gasteiger partial charge >= 0.3 is 12.0 Å². The number of thiophene rings is 1. The molecule has 0 aliphatic heterocycles. The standard InChI is InChI=1S/C11H15BrN2O3S/c1-7(3-10(15)16)13-11(17)14(2)5-8-4-9(12)18-6-8/h4,6-7H,3,5H2,1-2H3,(H,13,17)(H,15,16). The molecule has 2 N–H and O–H groups in total. The third-order valence-electron chi connectivity index (χ3n) is 2.24. The molecule has 1 atom stereocenters. The molecule has 100 valence electrons. The van der Waals surface area contributed by atoms with E-state index >= 15 is 0 Å². The summed E-state index contributed by atoms with van der Waals surface area (Å²) in [4.78, 5) is 23.8. The third kappa shape index (κ3) is 5.05. The first-order chi connectivity index (χ1) is 8.38. The second kappa shape index (κ2) is 6.75. The van der Waals surface area contributed by atoms with E-state index in [9.17, 15) is 9.59 Å². The first-order valence-corrected chi connectivity index (χ1v) is 7.02. The second-order valence-electron chi connectivity index (χ2n) is 4.06. The normalized spacial score (nSPS) is 11.9. The number of nitrogens with one attached hydrogen (secondary N) is 1. The number of carboxylic acid groups (broad SMARTS) is 1. The molecule has 2 amide bonds. The second-order valence-corrected chi connectivity index (χ2v) is 6.35. The Bertz CT molecular complexity index is 436. The van der Waals surface area contributed by atoms with Crippen molar-refractivity contribution in [1.29, 1.82) is 0 Å². The molecular formula is C11H15BrN2O3S. The summed E-state index contributed by atoms with van der Waals surface area (Å²) in [6.45, 7) is 2.16. The number of carbonyl (C=O) groups is 2. The van der Waals surface area contributed by atoms with E-state index in [4.69, 9.17) is 5.11 Å². The van der Waals surface area contributed by atoms with E-state index in [-0.39, 0.29) is 18.5 Å². The van der Waals surface area contributed by atoms with Gasteiger partial charge in [-0.15, -0.1) is 11.3 Å². The monoisotopic (exact) mass is 334 g/mol. The van der Waals surface area contributed by atoms with Gasteiger partial charge in [-0.2, -0.15) is 0 Å². The first-order valence-electron chi connectivity index (χ1n) is 5.35. The van der Waals surface area contributed by atoms with Gasteiger partial charge in [0, 0.05) is 19.6 Å². The van der Waals surface area contributed by atoms with Gasteiger partial charge < -0.3 is 15.3 Å². The van der Waals surface area contributed by atoms with Crippen molar-refractivity contribution in [2.75, 3.05) is 7.05 Å². The lowest BCUT2D eigenvalue weighted by Crippen LogP contribution is -2.42. The average Bonchev–Trinajstić information content (AvgIpc) is 2.62. The smallest absolute Gasteiger partial charge is 0.317 e. The lowest BCUT2D eigenvalue weighted by atomic mass is 10.2. The minimum atomic E-state index is -0.924. The number of rotatable bonds is 5. The molecule has 1 rings (SSSR count). The van der Waals surface area contributed by atoms with Gasteiger partial charge in [-0.05, 0) is 39.9 Å². The highest BCUT2D eigenvalue weighted by molar-refractivity contribution is 9.11. The van der Waals surface area contributed by atoms with Gasteiger partial charge in [-0.1, -0.05) is 0 Å². The minimum absolute atomic E-state index is 0.0798. The highest BCUT2D eigenvalue weighted by atomic mass is 79.9. The molecule has 7 heteroatoms. The van der Waals surface area contributed by atoms with E-state index in [1.807, 2.05) is 11.4 Å². The molecule has 18 heavy (non-hydrogen) atoms. The zero-order valence-electron chi connectivity index (χ0n) is 10.1. The van der Waals surface area contributed by atoms with E-state index < -0.39 is 5.97 Å². The van der Waals surface area contributed by atoms with Gasteiger partial charge in [0.05, 0.1) is 10.2 Å². The van der Waals surface area contributed by atoms with Gasteiger partial charge in [0.15, 0.2) is 0 Å². The van der Waals surface area contributed by atoms with Crippen molar-refractivity contribution in [2.24, 2.45) is 0 Å². The number of amides is 2. The van der Waals surface area contributed by atoms with E-state index in [1.54, 1.807) is 25.3 Å². The van der Waals surface area contributed by atoms with Crippen molar-refractivity contribution in [1.82, 2.24) is 10.2 Å². The zero-order chi connectivity index (χ0) is 13.7. The van der Waals surface area contributed by atoms with E-state index in [0.717, 1.165) is 9.35 Å². The van der Waals surface area contributed by atoms with Crippen molar-refractivity contribution < 1.29 is 14.7 Å². The highest BCUT2D eigenvalue weighted by Gasteiger charge is 2.14. The van der Waals surface area contributed by atoms with Crippen LogP contribution in [0.5, 0.6) is 0 Å². The molecule has 0 bridgehead atoms. The van der Waals surface area contributed by atoms with Crippen molar-refractivity contribution in [2.45, 2.75) is 25.9 Å². The summed E-state index contributed by atoms with van der Waals surface area (Å²) in [5.74, 6) is -0.924. The Labute approximate surface area is 118 Å². The Morgan fingerprint density at radius 1 is 1.61 bits per heavy atom. The highest BCUT2D eigenvalue weighted by Crippen LogP contribution is 2.21. The number of urea groups is 1. The topological polar surface area (TPSA) is 69.6 Å². The minimum Gasteiger partial charge on any atom is -0.481 e. The molecule has 1 aromatic heterocycles. The average molecular weight is 335 g/mol. The molecule has 1 heterocycles. The molecule has 0 fully saturated rings. The van der Waals surface area contributed by atoms with Crippen LogP contribution in [0.2, 0.25) is 0 Å². The number of halogens is 1. The molecule has 0 aliphatic carbocycles. The predicted octanol–water partition coefficient (Wildman–Crippen LogP) is 2.52. The van der Waals surface area contributed by atoms with Crippen LogP contribution in [0.1, 0.15) is 18.9 Å². The Kier molecular flexibility index (Phi) is 5.61. The van der Waals surface area contributed by atoms with Gasteiger partial charge in [-0.25, -0.2) is 4.79 Å². The van der Waals surface area contributed by atoms with Crippen molar-refractivity contribution >= 4 is 39.3 Å². The van der Waals surface area contributed by atoms with Crippen LogP contribution < -0.4 is 5.32 Å². The molecule has 0 aromatic carbocycles. The van der Waals surface area contributed by atoms with E-state index in [2.05, 4.69) is 21.2 Å². The van der Waals surface area contributed by atoms with Crippen LogP contribution in [0.25, 0.3) is 0 Å². The number of carbonyl (C=O) groups excluding carboxylic acids is 1. The maximum absolute atomic E-state index is 11.8. The van der Waals surface area contributed by atoms with Crippen LogP contribution in [-0.2, 0) is 11.3 Å². The van der Waals surface area contributed by atoms with Gasteiger partial charge in [0.2, 0.25) is 0 Å². The molecule has 0 spiro atoms. The number of nitrogens with zero attached hydrogens (tertiary/aromatic N) is 1. The Morgan fingerprint density at radius 3 is 2.78 bits per heavy atom. The molecular weight excluding hydrogens is 320 g/mol. The van der Waals surface area contributed by atoms with Crippen LogP contribution in [0.3, 0.4) is 0 Å². The lowest BCUT2D eigenvalue weighted by molar-refractivity contribution is -0.137. The lowest BCUT2D eigenvalue weighted by Gasteiger charge is -2.20. The zero-order valence-corrected chi connectivity index (χ0v) is 12.5. The first kappa shape index (κ1) is 15.0. The Morgan fingerprint density at radius 2 is 2.28 bits per heavy atom. The molecule has 0 saturated heterocycles. The number of hydrogen-bond acceptors (Lipinski definition) is 3. The van der Waals surface area contributed by atoms with Crippen molar-refractivity contribution in [3.8, 4) is 0 Å². The molecule has 0 aliphatic rings. The molecule has 5 nitrogen and oxygen atoms in total. The maximum atomic E-state index is 11.8. The van der Waals surface area contributed by atoms with Crippen molar-refractivity contribution in [3.05, 3.63) is 20.8 Å². The molecule has 0 radical (unpaired) electrons. The summed E-state index contributed by atoms with van der Waals surface area (Å²) in [5.41, 5.74) is 1.04. The predicted molar refractivity (Wildman–Crippen MR) is 73.7 cm³/mol. The summed E-state index contributed by atoms with van der Waals surface area (Å²) in [5, 5.41) is 13.2. The fourth-order valence-electron chi connectivity index (χ4n) is 1.41. The molecule has 1 unspecified atom stereocenters. The summed E-state index contributed by atoms with van der Waals surface area (Å²) in [6.07, 6.45) is -0.0798. The van der Waals surface area contributed by atoms with Crippen molar-refractivity contribution in [3.63, 3.8) is 0 Å². The molecule has 0 saturated carbocycles. The van der Waals surface area contributed by atoms with E-state index in [0.29, 0.717) is 6.54 Å². The summed E-state index contributed by atoms with van der Waals surface area (Å²) < 4.78 is 1.02. The SMILES string of the molecule is CC(CC(=O)O)NC(=O)N(C)Cc1csc(Br)c1. The van der Waals surface area contributed by atoms with Gasteiger partial charge in [-0.3, -0.25) is 4.79 Å². The molecule has 1 aromatic rings. The number of carboxylic acids is 1. The third-order valence-corrected chi connectivity index (χ3v) is 3.79. The quantitative estimate of drug-likeness (QED) is 0.869. The largest absolute Gasteiger partial charge is 0.481 e. The van der Waals surface area contributed by atoms with E-state index in [1.165, 1.54) is 4.90 Å². The summed E-state index contributed by atoms with van der Waals surface area (Å²) >= 11 is 4.92. The number of hydrogen-bond donors (Lipinski definition) is 2. The van der Waals surface area contributed by atoms with Crippen LogP contribution in [-0.4, -0.2) is 35.1 Å². The fraction of sp³-hybridized carbons (Fsp3) is 0.455. The van der Waals surface area contributed by atoms with Crippen LogP contribution >= 0.6 is 27.3 Å². The van der Waals surface area contributed by atoms with Crippen LogP contribution in [0.4, 0.5) is 4.79 Å². The van der Waals surface area contributed by atoms with Gasteiger partial charge in [0.25, 0.3) is 0 Å². The maximum Gasteiger partial charge on any atom is 0.317 e. The van der Waals surface area contributed by atoms with Crippen LogP contribution in [0.15, 0.2) is 15.2 Å². The summed E-state index contributed by atoms with van der Waals surface area (Å²) in [6, 6.07) is 1.30. The fourth-order valence-corrected chi connectivity index (χ4v) is 2.61. The summed E-state index contributed by atoms with van der Waals surface area (Å²) in [7, 11) is 1.67. The Balaban J connectivity index is 2.44.